The molecule has 1 heterocycles. The lowest BCUT2D eigenvalue weighted by Crippen LogP contribution is -2.08. The monoisotopic (exact) mass is 409 g/mol. The van der Waals surface area contributed by atoms with Gasteiger partial charge in [0, 0.05) is 8.95 Å². The highest BCUT2D eigenvalue weighted by Gasteiger charge is 2.11. The van der Waals surface area contributed by atoms with E-state index in [2.05, 4.69) is 36.8 Å². The molecule has 3 rings (SSSR count). The summed E-state index contributed by atoms with van der Waals surface area (Å²) in [6, 6.07) is 12.8. The van der Waals surface area contributed by atoms with Crippen LogP contribution in [0.4, 0.5) is 0 Å². The van der Waals surface area contributed by atoms with Gasteiger partial charge in [0.2, 0.25) is 5.89 Å². The molecular formula is C15H9Br2NO3. The third-order valence-corrected chi connectivity index (χ3v) is 3.86. The predicted octanol–water partition coefficient (Wildman–Crippen LogP) is 4.29. The van der Waals surface area contributed by atoms with Crippen LogP contribution in [0.25, 0.3) is 10.9 Å². The highest BCUT2D eigenvalue weighted by Crippen LogP contribution is 2.25. The summed E-state index contributed by atoms with van der Waals surface area (Å²) in [5.74, 6) is 0.927. The fraction of sp³-hybridized carbons (Fsp3) is 0.0667. The second-order valence-corrected chi connectivity index (χ2v) is 6.05. The summed E-state index contributed by atoms with van der Waals surface area (Å²) >= 11 is 6.73. The number of nitrogens with zero attached hydrogens (tertiary/aromatic N) is 1. The molecule has 0 N–H and O–H groups in total. The van der Waals surface area contributed by atoms with E-state index in [9.17, 15) is 4.79 Å². The normalized spacial score (nSPS) is 10.8. The largest absolute Gasteiger partial charge is 0.484 e. The zero-order valence-corrected chi connectivity index (χ0v) is 13.8. The van der Waals surface area contributed by atoms with Crippen molar-refractivity contribution in [2.24, 2.45) is 0 Å². The zero-order valence-electron chi connectivity index (χ0n) is 10.7. The number of hydrogen-bond acceptors (Lipinski definition) is 4. The van der Waals surface area contributed by atoms with Gasteiger partial charge in [-0.15, -0.1) is 0 Å². The fourth-order valence-electron chi connectivity index (χ4n) is 1.87. The molecule has 4 nitrogen and oxygen atoms in total. The van der Waals surface area contributed by atoms with Crippen LogP contribution in [0.15, 0.2) is 60.6 Å². The maximum atomic E-state index is 12.0. The Hall–Kier alpha value is -1.66. The topological polar surface area (TPSA) is 52.3 Å². The minimum atomic E-state index is -0.436. The lowest BCUT2D eigenvalue weighted by molar-refractivity contribution is 0.253. The number of ether oxygens (including phenoxy) is 1. The van der Waals surface area contributed by atoms with Crippen LogP contribution in [0.2, 0.25) is 0 Å². The average molecular weight is 411 g/mol. The Morgan fingerprint density at radius 2 is 1.90 bits per heavy atom. The molecule has 0 saturated carbocycles. The van der Waals surface area contributed by atoms with Crippen LogP contribution >= 0.6 is 31.9 Å². The molecule has 0 amide bonds. The second kappa shape index (κ2) is 5.99. The third-order valence-electron chi connectivity index (χ3n) is 2.80. The molecule has 1 aromatic heterocycles. The lowest BCUT2D eigenvalue weighted by Gasteiger charge is -2.06. The summed E-state index contributed by atoms with van der Waals surface area (Å²) in [4.78, 5) is 16.3. The molecule has 21 heavy (non-hydrogen) atoms. The highest BCUT2D eigenvalue weighted by atomic mass is 79.9. The van der Waals surface area contributed by atoms with E-state index in [0.717, 1.165) is 8.95 Å². The molecule has 0 aliphatic heterocycles. The van der Waals surface area contributed by atoms with Crippen LogP contribution in [-0.2, 0) is 6.61 Å². The molecule has 106 valence electrons. The van der Waals surface area contributed by atoms with Crippen LogP contribution in [0.5, 0.6) is 5.75 Å². The highest BCUT2D eigenvalue weighted by molar-refractivity contribution is 9.11. The predicted molar refractivity (Wildman–Crippen MR) is 86.5 cm³/mol. The molecular weight excluding hydrogens is 402 g/mol. The summed E-state index contributed by atoms with van der Waals surface area (Å²) in [6.45, 7) is 0.0949. The zero-order chi connectivity index (χ0) is 14.8. The van der Waals surface area contributed by atoms with Crippen molar-refractivity contribution in [3.8, 4) is 5.75 Å². The third kappa shape index (κ3) is 3.16. The summed E-state index contributed by atoms with van der Waals surface area (Å²) in [7, 11) is 0. The van der Waals surface area contributed by atoms with Gasteiger partial charge >= 0.3 is 5.63 Å². The van der Waals surface area contributed by atoms with Gasteiger partial charge in [-0.25, -0.2) is 9.78 Å². The standard InChI is InChI=1S/C15H9Br2NO3/c16-9-6-11-14(12(17)7-9)18-13(21-15(11)19)8-20-10-4-2-1-3-5-10/h1-7H,8H2. The Morgan fingerprint density at radius 3 is 2.67 bits per heavy atom. The maximum absolute atomic E-state index is 12.0. The Bertz CT molecular complexity index is 847. The van der Waals surface area contributed by atoms with Crippen molar-refractivity contribution in [3.63, 3.8) is 0 Å². The number of fused-ring (bicyclic) bond motifs is 1. The van der Waals surface area contributed by atoms with E-state index in [4.69, 9.17) is 9.15 Å². The minimum Gasteiger partial charge on any atom is -0.484 e. The number of aromatic nitrogens is 1. The average Bonchev–Trinajstić information content (AvgIpc) is 2.47. The van der Waals surface area contributed by atoms with Crippen molar-refractivity contribution in [1.29, 1.82) is 0 Å². The Kier molecular flexibility index (Phi) is 4.07. The van der Waals surface area contributed by atoms with E-state index >= 15 is 0 Å². The Labute approximate surface area is 137 Å². The van der Waals surface area contributed by atoms with Crippen molar-refractivity contribution >= 4 is 42.8 Å². The number of hydrogen-bond donors (Lipinski definition) is 0. The second-order valence-electron chi connectivity index (χ2n) is 4.28. The Balaban J connectivity index is 1.95. The van der Waals surface area contributed by atoms with Crippen LogP contribution in [-0.4, -0.2) is 4.98 Å². The van der Waals surface area contributed by atoms with E-state index in [1.54, 1.807) is 6.07 Å². The van der Waals surface area contributed by atoms with Crippen molar-refractivity contribution < 1.29 is 9.15 Å². The van der Waals surface area contributed by atoms with Crippen LogP contribution in [0.1, 0.15) is 5.89 Å². The summed E-state index contributed by atoms with van der Waals surface area (Å²) in [5, 5.41) is 0.416. The molecule has 6 heteroatoms. The molecule has 2 aromatic carbocycles. The Morgan fingerprint density at radius 1 is 1.14 bits per heavy atom. The molecule has 0 saturated heterocycles. The van der Waals surface area contributed by atoms with Gasteiger partial charge in [0.15, 0.2) is 6.61 Å². The molecule has 0 spiro atoms. The number of rotatable bonds is 3. The molecule has 0 unspecified atom stereocenters. The quantitative estimate of drug-likeness (QED) is 0.646. The van der Waals surface area contributed by atoms with Gasteiger partial charge in [-0.2, -0.15) is 0 Å². The first-order valence-electron chi connectivity index (χ1n) is 6.10. The van der Waals surface area contributed by atoms with Gasteiger partial charge in [-0.1, -0.05) is 34.1 Å². The van der Waals surface area contributed by atoms with Crippen molar-refractivity contribution in [2.75, 3.05) is 0 Å². The number of halogens is 2. The summed E-state index contributed by atoms with van der Waals surface area (Å²) in [5.41, 5.74) is 0.120. The van der Waals surface area contributed by atoms with Crippen LogP contribution in [0, 0.1) is 0 Å². The maximum Gasteiger partial charge on any atom is 0.347 e. The smallest absolute Gasteiger partial charge is 0.347 e. The van der Waals surface area contributed by atoms with Gasteiger partial charge < -0.3 is 9.15 Å². The van der Waals surface area contributed by atoms with Crippen LogP contribution < -0.4 is 10.4 Å². The van der Waals surface area contributed by atoms with Gasteiger partial charge in [-0.05, 0) is 40.2 Å². The molecule has 0 radical (unpaired) electrons. The van der Waals surface area contributed by atoms with Gasteiger partial charge in [0.25, 0.3) is 0 Å². The first-order valence-corrected chi connectivity index (χ1v) is 7.69. The molecule has 0 atom stereocenters. The van der Waals surface area contributed by atoms with Crippen LogP contribution in [0.3, 0.4) is 0 Å². The summed E-state index contributed by atoms with van der Waals surface area (Å²) < 4.78 is 12.2. The fourth-order valence-corrected chi connectivity index (χ4v) is 3.18. The van der Waals surface area contributed by atoms with E-state index < -0.39 is 5.63 Å². The first kappa shape index (κ1) is 14.3. The van der Waals surface area contributed by atoms with Crippen molar-refractivity contribution in [1.82, 2.24) is 4.98 Å². The van der Waals surface area contributed by atoms with Gasteiger partial charge in [0.05, 0.1) is 10.9 Å². The van der Waals surface area contributed by atoms with E-state index in [1.165, 1.54) is 0 Å². The van der Waals surface area contributed by atoms with Crippen molar-refractivity contribution in [2.45, 2.75) is 6.61 Å². The summed E-state index contributed by atoms with van der Waals surface area (Å²) in [6.07, 6.45) is 0. The molecule has 0 aliphatic carbocycles. The minimum absolute atomic E-state index is 0.0949. The molecule has 0 fully saturated rings. The first-order chi connectivity index (χ1) is 10.1. The number of benzene rings is 2. The van der Waals surface area contributed by atoms with Gasteiger partial charge in [0.1, 0.15) is 5.75 Å². The lowest BCUT2D eigenvalue weighted by atomic mass is 10.2. The van der Waals surface area contributed by atoms with Crippen molar-refractivity contribution in [3.05, 3.63) is 67.7 Å². The molecule has 0 aliphatic rings. The van der Waals surface area contributed by atoms with E-state index in [-0.39, 0.29) is 12.5 Å². The number of para-hydroxylation sites is 1. The van der Waals surface area contributed by atoms with E-state index in [1.807, 2.05) is 36.4 Å². The molecule has 0 bridgehead atoms. The SMILES string of the molecule is O=c1oc(COc2ccccc2)nc2c(Br)cc(Br)cc12. The van der Waals surface area contributed by atoms with Gasteiger partial charge in [-0.3, -0.25) is 0 Å². The van der Waals surface area contributed by atoms with E-state index in [0.29, 0.717) is 16.7 Å². The molecule has 3 aromatic rings.